The van der Waals surface area contributed by atoms with Gasteiger partial charge in [-0.25, -0.2) is 0 Å². The molecule has 4 aliphatic rings. The van der Waals surface area contributed by atoms with Crippen LogP contribution in [-0.4, -0.2) is 18.4 Å². The summed E-state index contributed by atoms with van der Waals surface area (Å²) in [5.74, 6) is 3.14. The predicted molar refractivity (Wildman–Crippen MR) is 96.8 cm³/mol. The van der Waals surface area contributed by atoms with Crippen LogP contribution in [-0.2, 0) is 14.3 Å². The molecule has 6 atom stereocenters. The van der Waals surface area contributed by atoms with Gasteiger partial charge in [-0.1, -0.05) is 26.0 Å². The van der Waals surface area contributed by atoms with Crippen molar-refractivity contribution in [1.29, 1.82) is 0 Å². The van der Waals surface area contributed by atoms with E-state index in [9.17, 15) is 9.59 Å². The van der Waals surface area contributed by atoms with Crippen molar-refractivity contribution >= 4 is 11.8 Å². The number of fused-ring (bicyclic) bond motifs is 5. The van der Waals surface area contributed by atoms with E-state index >= 15 is 0 Å². The normalized spacial score (nSPS) is 45.4. The number of carbonyl (C=O) groups is 2. The van der Waals surface area contributed by atoms with Gasteiger partial charge in [-0.15, -0.1) is 0 Å². The lowest BCUT2D eigenvalue weighted by atomic mass is 9.45. The first-order chi connectivity index (χ1) is 12.0. The van der Waals surface area contributed by atoms with Gasteiger partial charge in [-0.05, 0) is 67.6 Å². The molecule has 0 aromatic heterocycles. The molecule has 138 valence electrons. The first-order valence-corrected chi connectivity index (χ1v) is 10.3. The van der Waals surface area contributed by atoms with Crippen LogP contribution in [0.5, 0.6) is 0 Å². The molecule has 0 saturated heterocycles. The van der Waals surface area contributed by atoms with E-state index in [2.05, 4.69) is 19.1 Å². The van der Waals surface area contributed by atoms with Gasteiger partial charge in [0.15, 0.2) is 0 Å². The molecule has 4 rings (SSSR count). The number of rotatable bonds is 3. The summed E-state index contributed by atoms with van der Waals surface area (Å²) in [4.78, 5) is 23.7. The molecule has 0 bridgehead atoms. The van der Waals surface area contributed by atoms with Crippen LogP contribution in [0.2, 0.25) is 0 Å². The fourth-order valence-corrected chi connectivity index (χ4v) is 6.90. The Morgan fingerprint density at radius 1 is 1.24 bits per heavy atom. The van der Waals surface area contributed by atoms with Crippen LogP contribution in [0.25, 0.3) is 0 Å². The molecular weight excluding hydrogens is 312 g/mol. The van der Waals surface area contributed by atoms with E-state index in [0.717, 1.165) is 43.9 Å². The Hall–Kier alpha value is -1.12. The van der Waals surface area contributed by atoms with Gasteiger partial charge in [-0.3, -0.25) is 9.59 Å². The zero-order valence-electron chi connectivity index (χ0n) is 15.8. The highest BCUT2D eigenvalue weighted by atomic mass is 16.5. The lowest BCUT2D eigenvalue weighted by Gasteiger charge is -2.59. The van der Waals surface area contributed by atoms with Gasteiger partial charge in [0.25, 0.3) is 0 Å². The summed E-state index contributed by atoms with van der Waals surface area (Å²) in [5.41, 5.74) is 0.436. The molecule has 0 aliphatic heterocycles. The van der Waals surface area contributed by atoms with Gasteiger partial charge in [0.05, 0.1) is 0 Å². The van der Waals surface area contributed by atoms with Gasteiger partial charge in [0, 0.05) is 24.7 Å². The third-order valence-electron chi connectivity index (χ3n) is 8.37. The molecular formula is C22H32O3. The van der Waals surface area contributed by atoms with Gasteiger partial charge in [0.2, 0.25) is 0 Å². The second-order valence-electron chi connectivity index (χ2n) is 9.32. The van der Waals surface area contributed by atoms with E-state index < -0.39 is 0 Å². The van der Waals surface area contributed by atoms with Crippen molar-refractivity contribution in [3.05, 3.63) is 12.2 Å². The number of ketones is 1. The molecule has 25 heavy (non-hydrogen) atoms. The highest BCUT2D eigenvalue weighted by Crippen LogP contribution is 2.64. The average Bonchev–Trinajstić information content (AvgIpc) is 3.04. The molecule has 3 saturated carbocycles. The topological polar surface area (TPSA) is 43.4 Å². The maximum Gasteiger partial charge on any atom is 0.305 e. The molecule has 0 aromatic carbocycles. The quantitative estimate of drug-likeness (QED) is 0.551. The lowest BCUT2D eigenvalue weighted by molar-refractivity contribution is -0.154. The average molecular weight is 344 g/mol. The Morgan fingerprint density at radius 2 is 2.08 bits per heavy atom. The van der Waals surface area contributed by atoms with E-state index in [1.807, 2.05) is 6.92 Å². The van der Waals surface area contributed by atoms with Crippen LogP contribution in [0, 0.1) is 34.5 Å². The summed E-state index contributed by atoms with van der Waals surface area (Å²) < 4.78 is 5.63. The predicted octanol–water partition coefficient (Wildman–Crippen LogP) is 4.70. The molecule has 4 aliphatic carbocycles. The fourth-order valence-electron chi connectivity index (χ4n) is 6.90. The molecule has 3 heteroatoms. The number of ether oxygens (including phenoxy) is 1. The summed E-state index contributed by atoms with van der Waals surface area (Å²) in [6.45, 7) is 4.92. The van der Waals surface area contributed by atoms with Gasteiger partial charge >= 0.3 is 5.97 Å². The van der Waals surface area contributed by atoms with Crippen molar-refractivity contribution in [2.24, 2.45) is 34.5 Å². The Bertz CT molecular complexity index is 594. The van der Waals surface area contributed by atoms with Crippen LogP contribution in [0.4, 0.5) is 0 Å². The van der Waals surface area contributed by atoms with Crippen molar-refractivity contribution in [2.75, 3.05) is 6.61 Å². The number of Topliss-reactive ketones (excluding diaryl/α,β-unsaturated/α-hetero) is 1. The van der Waals surface area contributed by atoms with Crippen LogP contribution in [0.15, 0.2) is 12.2 Å². The summed E-state index contributed by atoms with van der Waals surface area (Å²) in [7, 11) is 0. The smallest absolute Gasteiger partial charge is 0.305 e. The van der Waals surface area contributed by atoms with E-state index in [0.29, 0.717) is 36.1 Å². The van der Waals surface area contributed by atoms with E-state index in [4.69, 9.17) is 4.74 Å². The minimum atomic E-state index is -0.0722. The Labute approximate surface area is 151 Å². The van der Waals surface area contributed by atoms with Gasteiger partial charge in [-0.2, -0.15) is 0 Å². The summed E-state index contributed by atoms with van der Waals surface area (Å²) in [6, 6.07) is 0. The standard InChI is InChI=1S/C22H32O3/c1-3-20(24)25-14-22-10-4-5-19(22)17-7-6-15-13-16(23)8-11-21(15,2)18(17)9-12-22/h4,10,15,17-19H,3,5-9,11-14H2,1-2H3/t15-,17+,18-,19-,21-,22-/m0/s1. The maximum absolute atomic E-state index is 12.0. The highest BCUT2D eigenvalue weighted by Gasteiger charge is 2.58. The minimum absolute atomic E-state index is 0.0722. The number of esters is 1. The summed E-state index contributed by atoms with van der Waals surface area (Å²) >= 11 is 0. The molecule has 0 radical (unpaired) electrons. The van der Waals surface area contributed by atoms with E-state index in [1.165, 1.54) is 19.3 Å². The third-order valence-corrected chi connectivity index (χ3v) is 8.37. The molecule has 0 heterocycles. The van der Waals surface area contributed by atoms with Gasteiger partial charge < -0.3 is 4.74 Å². The Kier molecular flexibility index (Phi) is 4.32. The van der Waals surface area contributed by atoms with Crippen molar-refractivity contribution in [1.82, 2.24) is 0 Å². The molecule has 0 amide bonds. The van der Waals surface area contributed by atoms with Crippen molar-refractivity contribution in [3.63, 3.8) is 0 Å². The monoisotopic (exact) mass is 344 g/mol. The number of hydrogen-bond acceptors (Lipinski definition) is 3. The summed E-state index contributed by atoms with van der Waals surface area (Å²) in [6.07, 6.45) is 13.9. The SMILES string of the molecule is CCC(=O)OC[C@@]12C=CC[C@H]1[C@@H]1CC[C@H]3CC(=O)CC[C@]3(C)[C@H]1CC2. The van der Waals surface area contributed by atoms with Crippen LogP contribution >= 0.6 is 0 Å². The van der Waals surface area contributed by atoms with Crippen molar-refractivity contribution in [2.45, 2.75) is 71.6 Å². The fraction of sp³-hybridized carbons (Fsp3) is 0.818. The molecule has 0 unspecified atom stereocenters. The zero-order chi connectivity index (χ0) is 17.7. The lowest BCUT2D eigenvalue weighted by Crippen LogP contribution is -2.54. The van der Waals surface area contributed by atoms with Gasteiger partial charge in [0.1, 0.15) is 12.4 Å². The molecule has 0 N–H and O–H groups in total. The maximum atomic E-state index is 12.0. The Morgan fingerprint density at radius 3 is 2.88 bits per heavy atom. The minimum Gasteiger partial charge on any atom is -0.465 e. The second-order valence-corrected chi connectivity index (χ2v) is 9.32. The van der Waals surface area contributed by atoms with Crippen LogP contribution < -0.4 is 0 Å². The first kappa shape index (κ1) is 17.3. The summed E-state index contributed by atoms with van der Waals surface area (Å²) in [5, 5.41) is 0. The van der Waals surface area contributed by atoms with E-state index in [1.54, 1.807) is 0 Å². The molecule has 0 spiro atoms. The molecule has 3 fully saturated rings. The Balaban J connectivity index is 1.55. The number of hydrogen-bond donors (Lipinski definition) is 0. The number of allylic oxidation sites excluding steroid dienone is 1. The zero-order valence-corrected chi connectivity index (χ0v) is 15.8. The first-order valence-electron chi connectivity index (χ1n) is 10.3. The van der Waals surface area contributed by atoms with Crippen molar-refractivity contribution in [3.8, 4) is 0 Å². The largest absolute Gasteiger partial charge is 0.465 e. The van der Waals surface area contributed by atoms with E-state index in [-0.39, 0.29) is 11.4 Å². The number of carbonyl (C=O) groups excluding carboxylic acids is 2. The second kappa shape index (κ2) is 6.25. The van der Waals surface area contributed by atoms with Crippen LogP contribution in [0.3, 0.4) is 0 Å². The van der Waals surface area contributed by atoms with Crippen molar-refractivity contribution < 1.29 is 14.3 Å². The molecule has 0 aromatic rings. The van der Waals surface area contributed by atoms with Crippen LogP contribution in [0.1, 0.15) is 71.6 Å². The molecule has 3 nitrogen and oxygen atoms in total. The highest BCUT2D eigenvalue weighted by molar-refractivity contribution is 5.79. The third kappa shape index (κ3) is 2.69.